The smallest absolute Gasteiger partial charge is 0.245 e. The highest BCUT2D eigenvalue weighted by Gasteiger charge is 2.43. The van der Waals surface area contributed by atoms with Gasteiger partial charge in [0.1, 0.15) is 6.04 Å². The SMILES string of the molecule is CC[C@H](C)[C@@H]([C@@H](CC(=O)N1CCC[C@H]1[C@H](OC)[C@@H](C)C(=O)N[C@H](CC#N)Cc1cccc(N)c1)OC)N(C)C(=O)[C@@H](NC(=O)[C@@H](C)N(C)C)C(C)C. The molecule has 1 saturated heterocycles. The molecular weight excluding hydrogens is 662 g/mol. The van der Waals surface area contributed by atoms with Crippen molar-refractivity contribution >= 4 is 29.3 Å². The third-order valence-corrected chi connectivity index (χ3v) is 10.8. The van der Waals surface area contributed by atoms with Gasteiger partial charge >= 0.3 is 0 Å². The van der Waals surface area contributed by atoms with Gasteiger partial charge in [-0.15, -0.1) is 0 Å². The Morgan fingerprint density at radius 2 is 1.71 bits per heavy atom. The van der Waals surface area contributed by atoms with Crippen LogP contribution in [-0.2, 0) is 35.1 Å². The molecule has 0 aromatic heterocycles. The van der Waals surface area contributed by atoms with E-state index in [1.54, 1.807) is 55.9 Å². The number of rotatable bonds is 20. The fourth-order valence-electron chi connectivity index (χ4n) is 7.17. The number of ether oxygens (including phenoxy) is 2. The molecule has 1 aliphatic heterocycles. The monoisotopic (exact) mass is 727 g/mol. The molecular formula is C39H65N7O6. The average molecular weight is 728 g/mol. The van der Waals surface area contributed by atoms with Crippen molar-refractivity contribution in [3.05, 3.63) is 29.8 Å². The minimum Gasteiger partial charge on any atom is -0.399 e. The minimum absolute atomic E-state index is 0.0191. The van der Waals surface area contributed by atoms with Crippen LogP contribution >= 0.6 is 0 Å². The summed E-state index contributed by atoms with van der Waals surface area (Å²) in [5.74, 6) is -1.67. The van der Waals surface area contributed by atoms with Crippen LogP contribution in [0.3, 0.4) is 0 Å². The van der Waals surface area contributed by atoms with E-state index in [4.69, 9.17) is 15.2 Å². The van der Waals surface area contributed by atoms with Crippen molar-refractivity contribution in [2.75, 3.05) is 47.6 Å². The number of hydrogen-bond donors (Lipinski definition) is 3. The first-order valence-corrected chi connectivity index (χ1v) is 18.6. The van der Waals surface area contributed by atoms with Gasteiger partial charge in [-0.2, -0.15) is 5.26 Å². The molecule has 1 aromatic rings. The lowest BCUT2D eigenvalue weighted by molar-refractivity contribution is -0.148. The van der Waals surface area contributed by atoms with E-state index in [0.717, 1.165) is 18.4 Å². The lowest BCUT2D eigenvalue weighted by atomic mass is 9.89. The van der Waals surface area contributed by atoms with Gasteiger partial charge in [0.2, 0.25) is 23.6 Å². The van der Waals surface area contributed by atoms with Crippen molar-refractivity contribution in [1.82, 2.24) is 25.3 Å². The second kappa shape index (κ2) is 21.1. The molecule has 0 saturated carbocycles. The highest BCUT2D eigenvalue weighted by Crippen LogP contribution is 2.30. The van der Waals surface area contributed by atoms with Crippen LogP contribution in [0.2, 0.25) is 0 Å². The standard InChI is InChI=1S/C39H65N7O6/c1-12-25(4)35(45(9)39(50)34(24(2)3)43-38(49)27(6)44(7)8)32(51-10)23-33(47)46-20-14-17-31(46)36(52-11)26(5)37(48)42-30(18-19-40)22-28-15-13-16-29(41)21-28/h13,15-16,21,24-27,30-32,34-36H,12,14,17-18,20,22-23,41H2,1-11H3,(H,42,48)(H,43,49)/t25-,26+,27+,30+,31-,32+,34-,35-,36+/m0/s1. The lowest BCUT2D eigenvalue weighted by Gasteiger charge is -2.41. The molecule has 0 aliphatic carbocycles. The molecule has 292 valence electrons. The van der Waals surface area contributed by atoms with Gasteiger partial charge in [-0.1, -0.05) is 53.2 Å². The summed E-state index contributed by atoms with van der Waals surface area (Å²) < 4.78 is 11.9. The first-order valence-electron chi connectivity index (χ1n) is 18.6. The minimum atomic E-state index is -0.753. The molecule has 0 radical (unpaired) electrons. The molecule has 2 rings (SSSR count). The summed E-state index contributed by atoms with van der Waals surface area (Å²) in [5, 5.41) is 15.5. The fourth-order valence-corrected chi connectivity index (χ4v) is 7.17. The molecule has 52 heavy (non-hydrogen) atoms. The molecule has 0 spiro atoms. The van der Waals surface area contributed by atoms with Gasteiger partial charge in [0, 0.05) is 39.5 Å². The number of nitriles is 1. The number of likely N-dealkylation sites (N-methyl/N-ethyl adjacent to an activating group) is 2. The summed E-state index contributed by atoms with van der Waals surface area (Å²) in [5.41, 5.74) is 7.47. The van der Waals surface area contributed by atoms with Gasteiger partial charge in [-0.05, 0) is 69.8 Å². The van der Waals surface area contributed by atoms with E-state index in [9.17, 15) is 24.4 Å². The van der Waals surface area contributed by atoms with Crippen molar-refractivity contribution in [2.45, 2.75) is 122 Å². The number of nitrogen functional groups attached to an aromatic ring is 1. The quantitative estimate of drug-likeness (QED) is 0.171. The summed E-state index contributed by atoms with van der Waals surface area (Å²) >= 11 is 0. The molecule has 1 aromatic carbocycles. The Morgan fingerprint density at radius 1 is 1.04 bits per heavy atom. The van der Waals surface area contributed by atoms with Crippen LogP contribution in [0.25, 0.3) is 0 Å². The molecule has 1 fully saturated rings. The molecule has 1 heterocycles. The Balaban J connectivity index is 2.25. The number of amides is 4. The number of likely N-dealkylation sites (tertiary alicyclic amines) is 1. The van der Waals surface area contributed by atoms with Crippen molar-refractivity contribution in [1.29, 1.82) is 5.26 Å². The zero-order chi connectivity index (χ0) is 39.3. The number of nitrogens with zero attached hydrogens (tertiary/aromatic N) is 4. The second-order valence-corrected chi connectivity index (χ2v) is 15.0. The summed E-state index contributed by atoms with van der Waals surface area (Å²) in [6, 6.07) is 7.16. The Morgan fingerprint density at radius 3 is 2.25 bits per heavy atom. The zero-order valence-corrected chi connectivity index (χ0v) is 33.3. The van der Waals surface area contributed by atoms with E-state index in [2.05, 4.69) is 16.7 Å². The van der Waals surface area contributed by atoms with Crippen molar-refractivity contribution in [3.8, 4) is 6.07 Å². The number of nitrogens with one attached hydrogen (secondary N) is 2. The predicted molar refractivity (Wildman–Crippen MR) is 203 cm³/mol. The summed E-state index contributed by atoms with van der Waals surface area (Å²) in [6.07, 6.45) is 1.56. The molecule has 4 amide bonds. The van der Waals surface area contributed by atoms with E-state index in [1.807, 2.05) is 60.0 Å². The van der Waals surface area contributed by atoms with Gasteiger partial charge in [-0.25, -0.2) is 0 Å². The number of anilines is 1. The Labute approximate surface area is 311 Å². The van der Waals surface area contributed by atoms with Crippen LogP contribution in [0.1, 0.15) is 79.2 Å². The third kappa shape index (κ3) is 11.9. The Bertz CT molecular complexity index is 1370. The molecule has 13 heteroatoms. The number of benzene rings is 1. The Kier molecular flexibility index (Phi) is 18.0. The van der Waals surface area contributed by atoms with Gasteiger partial charge in [0.25, 0.3) is 0 Å². The number of carbonyl (C=O) groups is 4. The molecule has 9 atom stereocenters. The van der Waals surface area contributed by atoms with Crippen LogP contribution < -0.4 is 16.4 Å². The molecule has 0 unspecified atom stereocenters. The largest absolute Gasteiger partial charge is 0.399 e. The van der Waals surface area contributed by atoms with Gasteiger partial charge < -0.3 is 35.6 Å². The molecule has 4 N–H and O–H groups in total. The van der Waals surface area contributed by atoms with Crippen LogP contribution in [0.15, 0.2) is 24.3 Å². The highest BCUT2D eigenvalue weighted by molar-refractivity contribution is 5.90. The van der Waals surface area contributed by atoms with Crippen molar-refractivity contribution in [3.63, 3.8) is 0 Å². The topological polar surface area (TPSA) is 170 Å². The molecule has 1 aliphatic rings. The number of carbonyl (C=O) groups excluding carboxylic acids is 4. The fraction of sp³-hybridized carbons (Fsp3) is 0.718. The molecule has 13 nitrogen and oxygen atoms in total. The van der Waals surface area contributed by atoms with Crippen LogP contribution in [0.5, 0.6) is 0 Å². The maximum atomic E-state index is 14.1. The Hall–Kier alpha value is -3.73. The summed E-state index contributed by atoms with van der Waals surface area (Å²) in [6.45, 7) is 12.0. The van der Waals surface area contributed by atoms with Gasteiger partial charge in [-0.3, -0.25) is 24.1 Å². The van der Waals surface area contributed by atoms with Gasteiger partial charge in [0.15, 0.2) is 0 Å². The number of nitrogens with two attached hydrogens (primary N) is 1. The number of methoxy groups -OCH3 is 2. The average Bonchev–Trinajstić information content (AvgIpc) is 3.59. The maximum Gasteiger partial charge on any atom is 0.245 e. The van der Waals surface area contributed by atoms with E-state index in [0.29, 0.717) is 25.1 Å². The van der Waals surface area contributed by atoms with E-state index >= 15 is 0 Å². The van der Waals surface area contributed by atoms with Gasteiger partial charge in [0.05, 0.1) is 55.2 Å². The highest BCUT2D eigenvalue weighted by atomic mass is 16.5. The van der Waals surface area contributed by atoms with E-state index < -0.39 is 42.3 Å². The summed E-state index contributed by atoms with van der Waals surface area (Å²) in [4.78, 5) is 60.0. The normalized spacial score (nSPS) is 19.2. The third-order valence-electron chi connectivity index (χ3n) is 10.8. The second-order valence-electron chi connectivity index (χ2n) is 15.0. The van der Waals surface area contributed by atoms with Crippen LogP contribution in [0.4, 0.5) is 5.69 Å². The zero-order valence-electron chi connectivity index (χ0n) is 33.3. The first kappa shape index (κ1) is 44.4. The first-order chi connectivity index (χ1) is 24.5. The maximum absolute atomic E-state index is 14.1. The predicted octanol–water partition coefficient (Wildman–Crippen LogP) is 3.22. The van der Waals surface area contributed by atoms with Crippen molar-refractivity contribution < 1.29 is 28.7 Å². The summed E-state index contributed by atoms with van der Waals surface area (Å²) in [7, 11) is 8.45. The lowest BCUT2D eigenvalue weighted by Crippen LogP contribution is -2.59. The van der Waals surface area contributed by atoms with Crippen molar-refractivity contribution in [2.24, 2.45) is 17.8 Å². The van der Waals surface area contributed by atoms with Crippen LogP contribution in [0, 0.1) is 29.1 Å². The number of hydrogen-bond acceptors (Lipinski definition) is 9. The van der Waals surface area contributed by atoms with E-state index in [1.165, 1.54) is 0 Å². The van der Waals surface area contributed by atoms with Crippen LogP contribution in [-0.4, -0.2) is 123 Å². The van der Waals surface area contributed by atoms with E-state index in [-0.39, 0.29) is 54.3 Å². The molecule has 0 bridgehead atoms.